The summed E-state index contributed by atoms with van der Waals surface area (Å²) in [5, 5.41) is 9.80. The molecule has 0 aromatic heterocycles. The Morgan fingerprint density at radius 2 is 2.00 bits per heavy atom. The fourth-order valence-corrected chi connectivity index (χ4v) is 2.10. The van der Waals surface area contributed by atoms with Crippen LogP contribution in [0.1, 0.15) is 17.5 Å². The third-order valence-corrected chi connectivity index (χ3v) is 3.11. The molecule has 0 aliphatic rings. The summed E-state index contributed by atoms with van der Waals surface area (Å²) in [6.45, 7) is 5.16. The van der Waals surface area contributed by atoms with Gasteiger partial charge >= 0.3 is 0 Å². The van der Waals surface area contributed by atoms with Gasteiger partial charge in [-0.05, 0) is 50.1 Å². The number of rotatable bonds is 6. The summed E-state index contributed by atoms with van der Waals surface area (Å²) in [6.07, 6.45) is 0.236. The zero-order valence-electron chi connectivity index (χ0n) is 11.7. The van der Waals surface area contributed by atoms with Crippen molar-refractivity contribution in [2.45, 2.75) is 26.4 Å². The number of nitrogens with two attached hydrogens (primary N) is 1. The quantitative estimate of drug-likeness (QED) is 0.804. The Labute approximate surface area is 109 Å². The summed E-state index contributed by atoms with van der Waals surface area (Å²) in [7, 11) is 3.66. The van der Waals surface area contributed by atoms with Gasteiger partial charge in [0.2, 0.25) is 0 Å². The van der Waals surface area contributed by atoms with Crippen molar-refractivity contribution in [1.29, 1.82) is 0 Å². The van der Waals surface area contributed by atoms with Gasteiger partial charge in [-0.25, -0.2) is 0 Å². The molecule has 1 unspecified atom stereocenters. The molecule has 0 bridgehead atoms. The van der Waals surface area contributed by atoms with Crippen molar-refractivity contribution < 1.29 is 9.84 Å². The fourth-order valence-electron chi connectivity index (χ4n) is 2.10. The van der Waals surface area contributed by atoms with E-state index in [1.54, 1.807) is 7.11 Å². The van der Waals surface area contributed by atoms with Crippen LogP contribution < -0.4 is 15.4 Å². The highest BCUT2D eigenvalue weighted by Gasteiger charge is 2.12. The van der Waals surface area contributed by atoms with Crippen LogP contribution in [0.5, 0.6) is 5.75 Å². The molecule has 4 heteroatoms. The average molecular weight is 252 g/mol. The predicted molar refractivity (Wildman–Crippen MR) is 75.4 cm³/mol. The molecule has 0 spiro atoms. The first-order valence-electron chi connectivity index (χ1n) is 6.24. The Balaban J connectivity index is 2.85. The highest BCUT2D eigenvalue weighted by molar-refractivity contribution is 5.58. The summed E-state index contributed by atoms with van der Waals surface area (Å²) in [5.74, 6) is 0.896. The molecule has 0 aliphatic carbocycles. The molecule has 1 aromatic rings. The molecule has 0 saturated carbocycles. The maximum atomic E-state index is 9.80. The van der Waals surface area contributed by atoms with Crippen molar-refractivity contribution in [2.24, 2.45) is 5.73 Å². The van der Waals surface area contributed by atoms with Gasteiger partial charge in [0, 0.05) is 19.3 Å². The van der Waals surface area contributed by atoms with Crippen molar-refractivity contribution in [3.05, 3.63) is 23.3 Å². The summed E-state index contributed by atoms with van der Waals surface area (Å²) in [4.78, 5) is 2.06. The molecule has 4 nitrogen and oxygen atoms in total. The summed E-state index contributed by atoms with van der Waals surface area (Å²) in [6, 6.07) is 4.11. The van der Waals surface area contributed by atoms with Gasteiger partial charge in [-0.3, -0.25) is 0 Å². The molecule has 3 N–H and O–H groups in total. The lowest BCUT2D eigenvalue weighted by molar-refractivity contribution is 0.174. The lowest BCUT2D eigenvalue weighted by Gasteiger charge is -2.25. The van der Waals surface area contributed by atoms with Crippen LogP contribution >= 0.6 is 0 Å². The molecule has 0 radical (unpaired) electrons. The molecule has 0 fully saturated rings. The van der Waals surface area contributed by atoms with E-state index in [9.17, 15) is 5.11 Å². The van der Waals surface area contributed by atoms with Gasteiger partial charge < -0.3 is 20.5 Å². The number of anilines is 1. The Morgan fingerprint density at radius 1 is 1.33 bits per heavy atom. The van der Waals surface area contributed by atoms with E-state index in [1.165, 1.54) is 0 Å². The van der Waals surface area contributed by atoms with Crippen molar-refractivity contribution >= 4 is 5.69 Å². The fraction of sp³-hybridized carbons (Fsp3) is 0.571. The van der Waals surface area contributed by atoms with E-state index in [0.29, 0.717) is 19.5 Å². The van der Waals surface area contributed by atoms with E-state index in [1.807, 2.05) is 27.0 Å². The number of methoxy groups -OCH3 is 1. The smallest absolute Gasteiger partial charge is 0.122 e. The lowest BCUT2D eigenvalue weighted by Crippen LogP contribution is -2.31. The molecule has 18 heavy (non-hydrogen) atoms. The second-order valence-corrected chi connectivity index (χ2v) is 4.72. The largest absolute Gasteiger partial charge is 0.496 e. The number of hydrogen-bond acceptors (Lipinski definition) is 4. The number of likely N-dealkylation sites (N-methyl/N-ethyl adjacent to an activating group) is 1. The summed E-state index contributed by atoms with van der Waals surface area (Å²) >= 11 is 0. The Bertz CT molecular complexity index is 394. The second-order valence-electron chi connectivity index (χ2n) is 4.72. The first-order valence-corrected chi connectivity index (χ1v) is 6.24. The summed E-state index contributed by atoms with van der Waals surface area (Å²) in [5.41, 5.74) is 8.79. The number of hydrogen-bond donors (Lipinski definition) is 2. The monoisotopic (exact) mass is 252 g/mol. The van der Waals surface area contributed by atoms with Crippen molar-refractivity contribution in [3.63, 3.8) is 0 Å². The Hall–Kier alpha value is -1.26. The minimum absolute atomic E-state index is 0.387. The first-order chi connectivity index (χ1) is 8.49. The van der Waals surface area contributed by atoms with Gasteiger partial charge in [0.25, 0.3) is 0 Å². The van der Waals surface area contributed by atoms with Crippen LogP contribution in [-0.4, -0.2) is 38.5 Å². The average Bonchev–Trinajstić information content (AvgIpc) is 2.31. The number of benzene rings is 1. The highest BCUT2D eigenvalue weighted by Crippen LogP contribution is 2.28. The molecule has 102 valence electrons. The highest BCUT2D eigenvalue weighted by atomic mass is 16.5. The number of nitrogens with zero attached hydrogens (tertiary/aromatic N) is 1. The maximum Gasteiger partial charge on any atom is 0.122 e. The van der Waals surface area contributed by atoms with Gasteiger partial charge in [-0.2, -0.15) is 0 Å². The normalized spacial score (nSPS) is 12.3. The minimum Gasteiger partial charge on any atom is -0.496 e. The minimum atomic E-state index is -0.387. The number of aliphatic hydroxyl groups is 1. The second kappa shape index (κ2) is 6.61. The SMILES string of the molecule is COc1cc(C)c(N(C)CC(O)CCN)cc1C. The molecule has 0 amide bonds. The van der Waals surface area contributed by atoms with E-state index < -0.39 is 0 Å². The van der Waals surface area contributed by atoms with E-state index in [0.717, 1.165) is 22.6 Å². The molecule has 1 aromatic carbocycles. The van der Waals surface area contributed by atoms with E-state index in [2.05, 4.69) is 11.0 Å². The zero-order chi connectivity index (χ0) is 13.7. The van der Waals surface area contributed by atoms with Crippen LogP contribution in [0.25, 0.3) is 0 Å². The first kappa shape index (κ1) is 14.8. The third-order valence-electron chi connectivity index (χ3n) is 3.11. The molecule has 0 aliphatic heterocycles. The Kier molecular flexibility index (Phi) is 5.44. The lowest BCUT2D eigenvalue weighted by atomic mass is 10.1. The number of aryl methyl sites for hydroxylation is 2. The molecule has 0 saturated heterocycles. The standard InChI is InChI=1S/C14H24N2O2/c1-10-8-14(18-4)11(2)7-13(10)16(3)9-12(17)5-6-15/h7-8,12,17H,5-6,9,15H2,1-4H3. The summed E-state index contributed by atoms with van der Waals surface area (Å²) < 4.78 is 5.30. The van der Waals surface area contributed by atoms with Crippen LogP contribution in [0, 0.1) is 13.8 Å². The molecule has 1 rings (SSSR count). The maximum absolute atomic E-state index is 9.80. The van der Waals surface area contributed by atoms with Crippen molar-refractivity contribution in [3.8, 4) is 5.75 Å². The van der Waals surface area contributed by atoms with Gasteiger partial charge in [0.1, 0.15) is 5.75 Å². The molecule has 1 atom stereocenters. The van der Waals surface area contributed by atoms with E-state index >= 15 is 0 Å². The van der Waals surface area contributed by atoms with Crippen LogP contribution in [0.15, 0.2) is 12.1 Å². The van der Waals surface area contributed by atoms with Crippen molar-refractivity contribution in [1.82, 2.24) is 0 Å². The van der Waals surface area contributed by atoms with Crippen LogP contribution in [0.2, 0.25) is 0 Å². The van der Waals surface area contributed by atoms with Gasteiger partial charge in [0.15, 0.2) is 0 Å². The van der Waals surface area contributed by atoms with E-state index in [4.69, 9.17) is 10.5 Å². The topological polar surface area (TPSA) is 58.7 Å². The van der Waals surface area contributed by atoms with E-state index in [-0.39, 0.29) is 6.10 Å². The molecular formula is C14H24N2O2. The van der Waals surface area contributed by atoms with Crippen molar-refractivity contribution in [2.75, 3.05) is 32.1 Å². The third kappa shape index (κ3) is 3.62. The van der Waals surface area contributed by atoms with Crippen LogP contribution in [0.4, 0.5) is 5.69 Å². The van der Waals surface area contributed by atoms with Crippen LogP contribution in [-0.2, 0) is 0 Å². The van der Waals surface area contributed by atoms with Crippen LogP contribution in [0.3, 0.4) is 0 Å². The number of ether oxygens (including phenoxy) is 1. The van der Waals surface area contributed by atoms with Gasteiger partial charge in [-0.15, -0.1) is 0 Å². The molecule has 0 heterocycles. The number of aliphatic hydroxyl groups excluding tert-OH is 1. The molecular weight excluding hydrogens is 228 g/mol. The van der Waals surface area contributed by atoms with Gasteiger partial charge in [-0.1, -0.05) is 0 Å². The zero-order valence-corrected chi connectivity index (χ0v) is 11.7. The van der Waals surface area contributed by atoms with Gasteiger partial charge in [0.05, 0.1) is 13.2 Å². The predicted octanol–water partition coefficient (Wildman–Crippen LogP) is 1.46. The Morgan fingerprint density at radius 3 is 2.56 bits per heavy atom.